The number of hydrogen-bond acceptors (Lipinski definition) is 3. The molecule has 2 heterocycles. The van der Waals surface area contributed by atoms with E-state index in [1.54, 1.807) is 17.4 Å². The Kier molecular flexibility index (Phi) is 4.57. The fraction of sp³-hybridized carbons (Fsp3) is 0.529. The monoisotopic (exact) mass is 306 g/mol. The standard InChI is InChI=1S/C17H23FN2S/c1-12-6-8-20(9-7-12)11-13-16(10-19-2)21-15-5-3-4-14(18)17(13)15/h3-5,12,19H,6-11H2,1-2H3. The third kappa shape index (κ3) is 3.12. The van der Waals surface area contributed by atoms with Crippen molar-refractivity contribution < 1.29 is 4.39 Å². The number of rotatable bonds is 4. The highest BCUT2D eigenvalue weighted by molar-refractivity contribution is 7.19. The lowest BCUT2D eigenvalue weighted by molar-refractivity contribution is 0.185. The zero-order chi connectivity index (χ0) is 14.8. The molecule has 4 heteroatoms. The van der Waals surface area contributed by atoms with Gasteiger partial charge in [-0.3, -0.25) is 4.90 Å². The maximum absolute atomic E-state index is 14.3. The van der Waals surface area contributed by atoms with Crippen molar-refractivity contribution in [1.82, 2.24) is 10.2 Å². The Morgan fingerprint density at radius 2 is 2.10 bits per heavy atom. The van der Waals surface area contributed by atoms with Gasteiger partial charge in [-0.25, -0.2) is 4.39 Å². The van der Waals surface area contributed by atoms with Gasteiger partial charge in [-0.15, -0.1) is 11.3 Å². The first-order valence-corrected chi connectivity index (χ1v) is 8.56. The summed E-state index contributed by atoms with van der Waals surface area (Å²) in [6.45, 7) is 6.28. The average Bonchev–Trinajstić information content (AvgIpc) is 2.81. The predicted molar refractivity (Wildman–Crippen MR) is 88.2 cm³/mol. The highest BCUT2D eigenvalue weighted by Crippen LogP contribution is 2.34. The molecule has 21 heavy (non-hydrogen) atoms. The molecule has 1 N–H and O–H groups in total. The third-order valence-electron chi connectivity index (χ3n) is 4.44. The zero-order valence-electron chi connectivity index (χ0n) is 12.8. The summed E-state index contributed by atoms with van der Waals surface area (Å²) in [6, 6.07) is 5.42. The minimum Gasteiger partial charge on any atom is -0.315 e. The van der Waals surface area contributed by atoms with Crippen molar-refractivity contribution in [3.63, 3.8) is 0 Å². The third-order valence-corrected chi connectivity index (χ3v) is 5.64. The Labute approximate surface area is 130 Å². The molecular formula is C17H23FN2S. The first kappa shape index (κ1) is 14.9. The Morgan fingerprint density at radius 3 is 2.81 bits per heavy atom. The van der Waals surface area contributed by atoms with Crippen LogP contribution in [0.4, 0.5) is 4.39 Å². The van der Waals surface area contributed by atoms with E-state index < -0.39 is 0 Å². The van der Waals surface area contributed by atoms with E-state index in [2.05, 4.69) is 17.1 Å². The molecule has 1 aliphatic rings. The van der Waals surface area contributed by atoms with Crippen LogP contribution in [-0.2, 0) is 13.1 Å². The second-order valence-electron chi connectivity index (χ2n) is 6.11. The van der Waals surface area contributed by atoms with Crippen molar-refractivity contribution in [3.05, 3.63) is 34.5 Å². The number of fused-ring (bicyclic) bond motifs is 1. The fourth-order valence-corrected chi connectivity index (χ4v) is 4.37. The van der Waals surface area contributed by atoms with Crippen LogP contribution in [0, 0.1) is 11.7 Å². The van der Waals surface area contributed by atoms with E-state index in [9.17, 15) is 4.39 Å². The number of thiophene rings is 1. The van der Waals surface area contributed by atoms with E-state index in [0.29, 0.717) is 0 Å². The Balaban J connectivity index is 1.93. The first-order valence-electron chi connectivity index (χ1n) is 7.74. The molecule has 0 atom stereocenters. The lowest BCUT2D eigenvalue weighted by Gasteiger charge is -2.30. The number of nitrogens with one attached hydrogen (secondary N) is 1. The van der Waals surface area contributed by atoms with Gasteiger partial charge in [-0.2, -0.15) is 0 Å². The summed E-state index contributed by atoms with van der Waals surface area (Å²) in [7, 11) is 1.95. The van der Waals surface area contributed by atoms with Crippen LogP contribution in [0.5, 0.6) is 0 Å². The number of halogens is 1. The lowest BCUT2D eigenvalue weighted by Crippen LogP contribution is -2.32. The van der Waals surface area contributed by atoms with Crippen LogP contribution in [-0.4, -0.2) is 25.0 Å². The maximum Gasteiger partial charge on any atom is 0.132 e. The number of piperidine rings is 1. The van der Waals surface area contributed by atoms with E-state index in [0.717, 1.165) is 42.2 Å². The molecule has 1 fully saturated rings. The van der Waals surface area contributed by atoms with E-state index in [4.69, 9.17) is 0 Å². The summed E-state index contributed by atoms with van der Waals surface area (Å²) in [5.74, 6) is 0.750. The molecule has 1 saturated heterocycles. The molecule has 0 radical (unpaired) electrons. The summed E-state index contributed by atoms with van der Waals surface area (Å²) in [6.07, 6.45) is 2.51. The molecule has 0 amide bonds. The first-order chi connectivity index (χ1) is 10.2. The number of hydrogen-bond donors (Lipinski definition) is 1. The summed E-state index contributed by atoms with van der Waals surface area (Å²) in [4.78, 5) is 3.75. The molecule has 0 saturated carbocycles. The van der Waals surface area contributed by atoms with Crippen LogP contribution in [0.3, 0.4) is 0 Å². The van der Waals surface area contributed by atoms with Gasteiger partial charge in [0.05, 0.1) is 0 Å². The maximum atomic E-state index is 14.3. The van der Waals surface area contributed by atoms with Crippen LogP contribution in [0.1, 0.15) is 30.2 Å². The Hall–Kier alpha value is -0.970. The minimum atomic E-state index is -0.0773. The largest absolute Gasteiger partial charge is 0.315 e. The summed E-state index contributed by atoms with van der Waals surface area (Å²) >= 11 is 1.72. The SMILES string of the molecule is CNCc1sc2cccc(F)c2c1CN1CCC(C)CC1. The van der Waals surface area contributed by atoms with Gasteiger partial charge >= 0.3 is 0 Å². The smallest absolute Gasteiger partial charge is 0.132 e. The number of benzene rings is 1. The van der Waals surface area contributed by atoms with Crippen molar-refractivity contribution in [2.75, 3.05) is 20.1 Å². The predicted octanol–water partition coefficient (Wildman–Crippen LogP) is 3.99. The molecule has 2 aromatic rings. The number of likely N-dealkylation sites (tertiary alicyclic amines) is 1. The molecule has 0 spiro atoms. The molecule has 1 aromatic carbocycles. The Bertz CT molecular complexity index is 615. The normalized spacial score (nSPS) is 17.7. The van der Waals surface area contributed by atoms with Crippen molar-refractivity contribution in [2.24, 2.45) is 5.92 Å². The average molecular weight is 306 g/mol. The molecule has 3 rings (SSSR count). The summed E-state index contributed by atoms with van der Waals surface area (Å²) in [5, 5.41) is 4.06. The summed E-state index contributed by atoms with van der Waals surface area (Å²) < 4.78 is 15.4. The van der Waals surface area contributed by atoms with Crippen LogP contribution in [0.15, 0.2) is 18.2 Å². The molecule has 0 aliphatic carbocycles. The van der Waals surface area contributed by atoms with Crippen molar-refractivity contribution in [3.8, 4) is 0 Å². The molecule has 0 unspecified atom stereocenters. The van der Waals surface area contributed by atoms with Gasteiger partial charge in [-0.05, 0) is 56.6 Å². The minimum absolute atomic E-state index is 0.0773. The van der Waals surface area contributed by atoms with Gasteiger partial charge in [0, 0.05) is 28.1 Å². The van der Waals surface area contributed by atoms with Crippen molar-refractivity contribution in [1.29, 1.82) is 0 Å². The van der Waals surface area contributed by atoms with Crippen LogP contribution in [0.25, 0.3) is 10.1 Å². The van der Waals surface area contributed by atoms with Gasteiger partial charge in [0.2, 0.25) is 0 Å². The summed E-state index contributed by atoms with van der Waals surface area (Å²) in [5.41, 5.74) is 1.19. The topological polar surface area (TPSA) is 15.3 Å². The van der Waals surface area contributed by atoms with E-state index >= 15 is 0 Å². The van der Waals surface area contributed by atoms with Gasteiger partial charge in [0.15, 0.2) is 0 Å². The van der Waals surface area contributed by atoms with E-state index in [1.165, 1.54) is 23.3 Å². The van der Waals surface area contributed by atoms with Crippen LogP contribution < -0.4 is 5.32 Å². The molecule has 114 valence electrons. The van der Waals surface area contributed by atoms with Gasteiger partial charge in [0.25, 0.3) is 0 Å². The van der Waals surface area contributed by atoms with Gasteiger partial charge < -0.3 is 5.32 Å². The van der Waals surface area contributed by atoms with Gasteiger partial charge in [0.1, 0.15) is 5.82 Å². The molecule has 1 aliphatic heterocycles. The number of nitrogens with zero attached hydrogens (tertiary/aromatic N) is 1. The van der Waals surface area contributed by atoms with E-state index in [-0.39, 0.29) is 5.82 Å². The molecule has 1 aromatic heterocycles. The van der Waals surface area contributed by atoms with Gasteiger partial charge in [-0.1, -0.05) is 13.0 Å². The van der Waals surface area contributed by atoms with Crippen LogP contribution >= 0.6 is 11.3 Å². The highest BCUT2D eigenvalue weighted by atomic mass is 32.1. The second kappa shape index (κ2) is 6.42. The quantitative estimate of drug-likeness (QED) is 0.919. The molecular weight excluding hydrogens is 283 g/mol. The van der Waals surface area contributed by atoms with Crippen molar-refractivity contribution in [2.45, 2.75) is 32.9 Å². The lowest BCUT2D eigenvalue weighted by atomic mass is 9.98. The van der Waals surface area contributed by atoms with E-state index in [1.807, 2.05) is 19.2 Å². The fourth-order valence-electron chi connectivity index (χ4n) is 3.13. The highest BCUT2D eigenvalue weighted by Gasteiger charge is 2.20. The van der Waals surface area contributed by atoms with Crippen molar-refractivity contribution >= 4 is 21.4 Å². The second-order valence-corrected chi connectivity index (χ2v) is 7.24. The molecule has 2 nitrogen and oxygen atoms in total. The Morgan fingerprint density at radius 1 is 1.33 bits per heavy atom. The molecule has 0 bridgehead atoms. The van der Waals surface area contributed by atoms with Crippen LogP contribution in [0.2, 0.25) is 0 Å². The zero-order valence-corrected chi connectivity index (χ0v) is 13.6.